The molecule has 1 heterocycles. The fraction of sp³-hybridized carbons (Fsp3) is 0.917. The van der Waals surface area contributed by atoms with E-state index in [-0.39, 0.29) is 11.9 Å². The molecule has 94 valence electrons. The SMILES string of the molecule is CCC(COC(=O)C1CCNCC1)N(C)C. The van der Waals surface area contributed by atoms with Crippen LogP contribution >= 0.6 is 0 Å². The summed E-state index contributed by atoms with van der Waals surface area (Å²) in [5.41, 5.74) is 0. The normalized spacial score (nSPS) is 19.8. The van der Waals surface area contributed by atoms with Gasteiger partial charge in [0, 0.05) is 6.04 Å². The standard InChI is InChI=1S/C12H24N2O2/c1-4-11(14(2)3)9-16-12(15)10-5-7-13-8-6-10/h10-11,13H,4-9H2,1-3H3. The van der Waals surface area contributed by atoms with Crippen LogP contribution in [-0.2, 0) is 9.53 Å². The number of nitrogens with one attached hydrogen (secondary N) is 1. The molecule has 0 aromatic rings. The van der Waals surface area contributed by atoms with Gasteiger partial charge >= 0.3 is 5.97 Å². The fourth-order valence-electron chi connectivity index (χ4n) is 1.99. The molecular formula is C12H24N2O2. The van der Waals surface area contributed by atoms with Crippen LogP contribution in [0.1, 0.15) is 26.2 Å². The van der Waals surface area contributed by atoms with Crippen molar-refractivity contribution in [3.05, 3.63) is 0 Å². The Morgan fingerprint density at radius 2 is 2.06 bits per heavy atom. The van der Waals surface area contributed by atoms with E-state index in [0.29, 0.717) is 12.6 Å². The fourth-order valence-corrected chi connectivity index (χ4v) is 1.99. The van der Waals surface area contributed by atoms with Gasteiger partial charge in [-0.15, -0.1) is 0 Å². The lowest BCUT2D eigenvalue weighted by atomic mass is 9.98. The number of carbonyl (C=O) groups is 1. The van der Waals surface area contributed by atoms with E-state index in [1.165, 1.54) is 0 Å². The summed E-state index contributed by atoms with van der Waals surface area (Å²) in [5.74, 6) is 0.0997. The highest BCUT2D eigenvalue weighted by atomic mass is 16.5. The smallest absolute Gasteiger partial charge is 0.309 e. The first kappa shape index (κ1) is 13.5. The third kappa shape index (κ3) is 4.10. The summed E-state index contributed by atoms with van der Waals surface area (Å²) < 4.78 is 5.39. The molecule has 1 fully saturated rings. The maximum atomic E-state index is 11.8. The van der Waals surface area contributed by atoms with E-state index in [2.05, 4.69) is 17.1 Å². The third-order valence-electron chi connectivity index (χ3n) is 3.29. The number of rotatable bonds is 5. The topological polar surface area (TPSA) is 41.6 Å². The maximum absolute atomic E-state index is 11.8. The Kier molecular flexibility index (Phi) is 5.77. The van der Waals surface area contributed by atoms with Crippen LogP contribution in [0, 0.1) is 5.92 Å². The first-order chi connectivity index (χ1) is 7.65. The Hall–Kier alpha value is -0.610. The van der Waals surface area contributed by atoms with Gasteiger partial charge in [-0.1, -0.05) is 6.92 Å². The number of nitrogens with zero attached hydrogens (tertiary/aromatic N) is 1. The van der Waals surface area contributed by atoms with Crippen LogP contribution in [0.25, 0.3) is 0 Å². The zero-order valence-electron chi connectivity index (χ0n) is 10.7. The highest BCUT2D eigenvalue weighted by molar-refractivity contribution is 5.72. The Bertz CT molecular complexity index is 213. The number of carbonyl (C=O) groups excluding carboxylic acids is 1. The molecule has 1 saturated heterocycles. The van der Waals surface area contributed by atoms with E-state index in [9.17, 15) is 4.79 Å². The molecule has 0 spiro atoms. The molecule has 0 saturated carbocycles. The molecule has 1 rings (SSSR count). The van der Waals surface area contributed by atoms with Crippen LogP contribution in [0.5, 0.6) is 0 Å². The molecule has 1 unspecified atom stereocenters. The van der Waals surface area contributed by atoms with E-state index in [1.807, 2.05) is 14.1 Å². The predicted octanol–water partition coefficient (Wildman–Crippen LogP) is 0.869. The van der Waals surface area contributed by atoms with E-state index < -0.39 is 0 Å². The second kappa shape index (κ2) is 6.86. The van der Waals surface area contributed by atoms with Gasteiger partial charge in [-0.05, 0) is 46.4 Å². The highest BCUT2D eigenvalue weighted by Gasteiger charge is 2.23. The predicted molar refractivity (Wildman–Crippen MR) is 64.3 cm³/mol. The average molecular weight is 228 g/mol. The van der Waals surface area contributed by atoms with Crippen molar-refractivity contribution in [2.45, 2.75) is 32.2 Å². The van der Waals surface area contributed by atoms with Crippen molar-refractivity contribution in [1.29, 1.82) is 0 Å². The summed E-state index contributed by atoms with van der Waals surface area (Å²) in [6, 6.07) is 0.339. The monoisotopic (exact) mass is 228 g/mol. The number of piperidine rings is 1. The first-order valence-corrected chi connectivity index (χ1v) is 6.19. The van der Waals surface area contributed by atoms with Gasteiger partial charge in [0.15, 0.2) is 0 Å². The van der Waals surface area contributed by atoms with Gasteiger partial charge in [0.05, 0.1) is 5.92 Å². The van der Waals surface area contributed by atoms with Crippen molar-refractivity contribution in [2.75, 3.05) is 33.8 Å². The van der Waals surface area contributed by atoms with Crippen molar-refractivity contribution < 1.29 is 9.53 Å². The maximum Gasteiger partial charge on any atom is 0.309 e. The minimum atomic E-state index is -0.0122. The molecule has 1 N–H and O–H groups in total. The van der Waals surface area contributed by atoms with E-state index >= 15 is 0 Å². The van der Waals surface area contributed by atoms with Crippen molar-refractivity contribution >= 4 is 5.97 Å². The van der Waals surface area contributed by atoms with Crippen LogP contribution in [0.4, 0.5) is 0 Å². The van der Waals surface area contributed by atoms with Gasteiger partial charge in [-0.3, -0.25) is 4.79 Å². The average Bonchev–Trinajstić information content (AvgIpc) is 2.30. The van der Waals surface area contributed by atoms with E-state index in [0.717, 1.165) is 32.4 Å². The zero-order valence-corrected chi connectivity index (χ0v) is 10.7. The second-order valence-electron chi connectivity index (χ2n) is 4.68. The lowest BCUT2D eigenvalue weighted by molar-refractivity contribution is -0.151. The van der Waals surface area contributed by atoms with Gasteiger partial charge in [0.1, 0.15) is 6.61 Å². The summed E-state index contributed by atoms with van der Waals surface area (Å²) in [4.78, 5) is 13.9. The van der Waals surface area contributed by atoms with E-state index in [4.69, 9.17) is 4.74 Å². The molecule has 0 aromatic heterocycles. The number of likely N-dealkylation sites (N-methyl/N-ethyl adjacent to an activating group) is 1. The zero-order chi connectivity index (χ0) is 12.0. The van der Waals surface area contributed by atoms with Crippen LogP contribution in [-0.4, -0.2) is 50.7 Å². The molecule has 0 aromatic carbocycles. The number of esters is 1. The number of hydrogen-bond acceptors (Lipinski definition) is 4. The molecule has 0 bridgehead atoms. The number of ether oxygens (including phenoxy) is 1. The van der Waals surface area contributed by atoms with Crippen LogP contribution in [0.15, 0.2) is 0 Å². The van der Waals surface area contributed by atoms with Crippen molar-refractivity contribution in [3.63, 3.8) is 0 Å². The van der Waals surface area contributed by atoms with Gasteiger partial charge in [-0.25, -0.2) is 0 Å². The summed E-state index contributed by atoms with van der Waals surface area (Å²) in [7, 11) is 4.04. The first-order valence-electron chi connectivity index (χ1n) is 6.19. The molecule has 4 heteroatoms. The molecule has 1 aliphatic heterocycles. The van der Waals surface area contributed by atoms with Crippen LogP contribution in [0.3, 0.4) is 0 Å². The van der Waals surface area contributed by atoms with Crippen LogP contribution in [0.2, 0.25) is 0 Å². The van der Waals surface area contributed by atoms with Crippen molar-refractivity contribution in [1.82, 2.24) is 10.2 Å². The van der Waals surface area contributed by atoms with Gasteiger partial charge < -0.3 is 15.0 Å². The van der Waals surface area contributed by atoms with Gasteiger partial charge in [0.25, 0.3) is 0 Å². The lowest BCUT2D eigenvalue weighted by Gasteiger charge is -2.25. The summed E-state index contributed by atoms with van der Waals surface area (Å²) in [6.07, 6.45) is 2.84. The lowest BCUT2D eigenvalue weighted by Crippen LogP contribution is -2.36. The largest absolute Gasteiger partial charge is 0.464 e. The molecule has 4 nitrogen and oxygen atoms in total. The second-order valence-corrected chi connectivity index (χ2v) is 4.68. The molecule has 0 aliphatic carbocycles. The Labute approximate surface area is 98.3 Å². The Balaban J connectivity index is 2.27. The minimum absolute atomic E-state index is 0.0122. The van der Waals surface area contributed by atoms with E-state index in [1.54, 1.807) is 0 Å². The van der Waals surface area contributed by atoms with Crippen molar-refractivity contribution in [2.24, 2.45) is 5.92 Å². The number of hydrogen-bond donors (Lipinski definition) is 1. The minimum Gasteiger partial charge on any atom is -0.464 e. The molecule has 1 aliphatic rings. The van der Waals surface area contributed by atoms with Crippen molar-refractivity contribution in [3.8, 4) is 0 Å². The van der Waals surface area contributed by atoms with Gasteiger partial charge in [0.2, 0.25) is 0 Å². The molecule has 16 heavy (non-hydrogen) atoms. The Morgan fingerprint density at radius 1 is 1.44 bits per heavy atom. The van der Waals surface area contributed by atoms with Gasteiger partial charge in [-0.2, -0.15) is 0 Å². The molecule has 1 atom stereocenters. The highest BCUT2D eigenvalue weighted by Crippen LogP contribution is 2.14. The van der Waals surface area contributed by atoms with Crippen LogP contribution < -0.4 is 5.32 Å². The summed E-state index contributed by atoms with van der Waals surface area (Å²) in [5, 5.41) is 3.25. The molecule has 0 radical (unpaired) electrons. The Morgan fingerprint density at radius 3 is 2.56 bits per heavy atom. The summed E-state index contributed by atoms with van der Waals surface area (Å²) in [6.45, 7) is 4.50. The molecule has 0 amide bonds. The quantitative estimate of drug-likeness (QED) is 0.709. The molecular weight excluding hydrogens is 204 g/mol. The third-order valence-corrected chi connectivity index (χ3v) is 3.29. The summed E-state index contributed by atoms with van der Waals surface area (Å²) >= 11 is 0.